The van der Waals surface area contributed by atoms with Crippen LogP contribution in [0.25, 0.3) is 0 Å². The van der Waals surface area contributed by atoms with Gasteiger partial charge in [0.05, 0.1) is 0 Å². The summed E-state index contributed by atoms with van der Waals surface area (Å²) < 4.78 is 0. The Morgan fingerprint density at radius 3 is 1.75 bits per heavy atom. The molecule has 0 aromatic rings. The van der Waals surface area contributed by atoms with Crippen molar-refractivity contribution in [3.63, 3.8) is 0 Å². The zero-order valence-corrected chi connectivity index (χ0v) is 15.8. The Kier molecular flexibility index (Phi) is 9.85. The van der Waals surface area contributed by atoms with E-state index in [1.807, 2.05) is 0 Å². The molecule has 3 unspecified atom stereocenters. The molecule has 0 nitrogen and oxygen atoms in total. The molecule has 3 atom stereocenters. The van der Waals surface area contributed by atoms with Gasteiger partial charge in [-0.05, 0) is 41.9 Å². The van der Waals surface area contributed by atoms with Gasteiger partial charge in [-0.1, -0.05) is 87.5 Å². The van der Waals surface area contributed by atoms with Gasteiger partial charge in [-0.2, -0.15) is 0 Å². The molecular formula is C20H42. The highest BCUT2D eigenvalue weighted by Crippen LogP contribution is 2.44. The minimum absolute atomic E-state index is 0.555. The molecule has 0 saturated carbocycles. The lowest BCUT2D eigenvalue weighted by molar-refractivity contribution is 0.0872. The molecule has 0 heterocycles. The highest BCUT2D eigenvalue weighted by molar-refractivity contribution is 4.84. The zero-order valence-electron chi connectivity index (χ0n) is 15.8. The van der Waals surface area contributed by atoms with Gasteiger partial charge in [0.2, 0.25) is 0 Å². The molecule has 0 saturated heterocycles. The second-order valence-electron chi connectivity index (χ2n) is 8.26. The van der Waals surface area contributed by atoms with Crippen molar-refractivity contribution in [3.8, 4) is 0 Å². The second-order valence-corrected chi connectivity index (χ2v) is 8.26. The average Bonchev–Trinajstić information content (AvgIpc) is 2.37. The second kappa shape index (κ2) is 9.85. The van der Waals surface area contributed by atoms with Gasteiger partial charge in [0.25, 0.3) is 0 Å². The van der Waals surface area contributed by atoms with Crippen molar-refractivity contribution in [2.24, 2.45) is 29.1 Å². The molecule has 0 fully saturated rings. The summed E-state index contributed by atoms with van der Waals surface area (Å²) in [6.45, 7) is 19.3. The van der Waals surface area contributed by atoms with Crippen LogP contribution in [0.15, 0.2) is 0 Å². The molecule has 122 valence electrons. The molecule has 0 aliphatic heterocycles. The van der Waals surface area contributed by atoms with E-state index in [2.05, 4.69) is 55.4 Å². The number of hydrogen-bond donors (Lipinski definition) is 0. The van der Waals surface area contributed by atoms with Crippen molar-refractivity contribution in [1.29, 1.82) is 0 Å². The topological polar surface area (TPSA) is 0 Å². The van der Waals surface area contributed by atoms with Crippen molar-refractivity contribution in [2.75, 3.05) is 0 Å². The third-order valence-corrected chi connectivity index (χ3v) is 5.62. The van der Waals surface area contributed by atoms with E-state index in [1.165, 1.54) is 44.9 Å². The summed E-state index contributed by atoms with van der Waals surface area (Å²) in [7, 11) is 0. The first-order valence-electron chi connectivity index (χ1n) is 9.26. The Balaban J connectivity index is 4.75. The average molecular weight is 283 g/mol. The van der Waals surface area contributed by atoms with Crippen molar-refractivity contribution in [3.05, 3.63) is 0 Å². The van der Waals surface area contributed by atoms with Crippen LogP contribution >= 0.6 is 0 Å². The lowest BCUT2D eigenvalue weighted by Crippen LogP contribution is -2.32. The van der Waals surface area contributed by atoms with Crippen LogP contribution in [-0.4, -0.2) is 0 Å². The highest BCUT2D eigenvalue weighted by Gasteiger charge is 2.34. The van der Waals surface area contributed by atoms with Gasteiger partial charge in [0.1, 0.15) is 0 Å². The number of hydrogen-bond acceptors (Lipinski definition) is 0. The molecule has 0 spiro atoms. The first kappa shape index (κ1) is 20.0. The van der Waals surface area contributed by atoms with Gasteiger partial charge in [0.15, 0.2) is 0 Å². The summed E-state index contributed by atoms with van der Waals surface area (Å²) in [6, 6.07) is 0. The summed E-state index contributed by atoms with van der Waals surface area (Å²) in [5, 5.41) is 0. The fraction of sp³-hybridized carbons (Fsp3) is 1.00. The van der Waals surface area contributed by atoms with E-state index < -0.39 is 0 Å². The molecule has 0 radical (unpaired) electrons. The maximum absolute atomic E-state index is 2.57. The van der Waals surface area contributed by atoms with Crippen LogP contribution in [0.5, 0.6) is 0 Å². The van der Waals surface area contributed by atoms with Crippen LogP contribution in [0, 0.1) is 29.1 Å². The Hall–Kier alpha value is 0. The van der Waals surface area contributed by atoms with Crippen LogP contribution in [0.4, 0.5) is 0 Å². The van der Waals surface area contributed by atoms with E-state index in [-0.39, 0.29) is 0 Å². The minimum Gasteiger partial charge on any atom is -0.0651 e. The Morgan fingerprint density at radius 2 is 1.35 bits per heavy atom. The smallest absolute Gasteiger partial charge is 0.0298 e. The van der Waals surface area contributed by atoms with Gasteiger partial charge in [-0.15, -0.1) is 0 Å². The van der Waals surface area contributed by atoms with E-state index in [9.17, 15) is 0 Å². The van der Waals surface area contributed by atoms with E-state index in [0.717, 1.165) is 23.7 Å². The van der Waals surface area contributed by atoms with Gasteiger partial charge in [-0.25, -0.2) is 0 Å². The third-order valence-electron chi connectivity index (χ3n) is 5.62. The molecule has 0 aliphatic carbocycles. The Morgan fingerprint density at radius 1 is 0.800 bits per heavy atom. The molecule has 0 heteroatoms. The molecule has 0 rings (SSSR count). The lowest BCUT2D eigenvalue weighted by Gasteiger charge is -2.41. The van der Waals surface area contributed by atoms with Crippen LogP contribution in [0.3, 0.4) is 0 Å². The Bertz CT molecular complexity index is 228. The van der Waals surface area contributed by atoms with E-state index in [1.54, 1.807) is 0 Å². The maximum atomic E-state index is 2.57. The fourth-order valence-electron chi connectivity index (χ4n) is 3.66. The normalized spacial score (nSPS) is 18.3. The molecule has 20 heavy (non-hydrogen) atoms. The first-order valence-corrected chi connectivity index (χ1v) is 9.26. The van der Waals surface area contributed by atoms with E-state index >= 15 is 0 Å². The van der Waals surface area contributed by atoms with Gasteiger partial charge < -0.3 is 0 Å². The van der Waals surface area contributed by atoms with Crippen molar-refractivity contribution in [2.45, 2.75) is 100 Å². The Labute approximate surface area is 130 Å². The van der Waals surface area contributed by atoms with Gasteiger partial charge in [0, 0.05) is 0 Å². The quantitative estimate of drug-likeness (QED) is 0.372. The molecule has 0 aliphatic rings. The summed E-state index contributed by atoms with van der Waals surface area (Å²) in [4.78, 5) is 0. The SMILES string of the molecule is CCC(C)C(CCC(C)C)C(C)(CC)CCCC(C)C. The predicted molar refractivity (Wildman–Crippen MR) is 94.1 cm³/mol. The summed E-state index contributed by atoms with van der Waals surface area (Å²) >= 11 is 0. The largest absolute Gasteiger partial charge is 0.0651 e. The predicted octanol–water partition coefficient (Wildman–Crippen LogP) is 7.33. The molecule has 0 amide bonds. The highest BCUT2D eigenvalue weighted by atomic mass is 14.4. The summed E-state index contributed by atoms with van der Waals surface area (Å²) in [5.41, 5.74) is 0.555. The molecule has 0 aromatic carbocycles. The summed E-state index contributed by atoms with van der Waals surface area (Å²) in [5.74, 6) is 3.48. The van der Waals surface area contributed by atoms with Gasteiger partial charge >= 0.3 is 0 Å². The third kappa shape index (κ3) is 7.14. The van der Waals surface area contributed by atoms with E-state index in [0.29, 0.717) is 5.41 Å². The van der Waals surface area contributed by atoms with Crippen molar-refractivity contribution < 1.29 is 0 Å². The monoisotopic (exact) mass is 282 g/mol. The molecule has 0 aromatic heterocycles. The van der Waals surface area contributed by atoms with E-state index in [4.69, 9.17) is 0 Å². The molecule has 0 bridgehead atoms. The van der Waals surface area contributed by atoms with Crippen molar-refractivity contribution in [1.82, 2.24) is 0 Å². The van der Waals surface area contributed by atoms with Crippen molar-refractivity contribution >= 4 is 0 Å². The number of rotatable bonds is 11. The molecule has 0 N–H and O–H groups in total. The maximum Gasteiger partial charge on any atom is -0.0298 e. The van der Waals surface area contributed by atoms with Crippen LogP contribution in [-0.2, 0) is 0 Å². The standard InChI is InChI=1S/C20H42/c1-9-18(7)19(14-13-17(5)6)20(8,10-2)15-11-12-16(3)4/h16-19H,9-15H2,1-8H3. The molecular weight excluding hydrogens is 240 g/mol. The zero-order chi connectivity index (χ0) is 15.8. The lowest BCUT2D eigenvalue weighted by atomic mass is 9.64. The first-order chi connectivity index (χ1) is 9.26. The summed E-state index contributed by atoms with van der Waals surface area (Å²) in [6.07, 6.45) is 9.74. The van der Waals surface area contributed by atoms with Crippen LogP contribution in [0.2, 0.25) is 0 Å². The van der Waals surface area contributed by atoms with Crippen LogP contribution < -0.4 is 0 Å². The van der Waals surface area contributed by atoms with Gasteiger partial charge in [-0.3, -0.25) is 0 Å². The van der Waals surface area contributed by atoms with Crippen LogP contribution in [0.1, 0.15) is 100 Å². The minimum atomic E-state index is 0.555. The fourth-order valence-corrected chi connectivity index (χ4v) is 3.66.